The molecule has 0 saturated heterocycles. The second-order valence-electron chi connectivity index (χ2n) is 5.91. The summed E-state index contributed by atoms with van der Waals surface area (Å²) in [6.07, 6.45) is 1.37. The number of carbonyl (C=O) groups excluding carboxylic acids is 1. The van der Waals surface area contributed by atoms with Gasteiger partial charge in [0.25, 0.3) is 5.91 Å². The highest BCUT2D eigenvalue weighted by molar-refractivity contribution is 6.42. The number of furan rings is 1. The van der Waals surface area contributed by atoms with Crippen LogP contribution in [-0.4, -0.2) is 5.91 Å². The van der Waals surface area contributed by atoms with Crippen molar-refractivity contribution in [3.8, 4) is 17.4 Å². The summed E-state index contributed by atoms with van der Waals surface area (Å²) < 4.78 is 5.71. The number of nitrogens with zero attached hydrogens (tertiary/aromatic N) is 1. The van der Waals surface area contributed by atoms with Gasteiger partial charge in [-0.1, -0.05) is 40.9 Å². The predicted octanol–water partition coefficient (Wildman–Crippen LogP) is 6.76. The Balaban J connectivity index is 1.84. The summed E-state index contributed by atoms with van der Waals surface area (Å²) in [5.41, 5.74) is 1.99. The van der Waals surface area contributed by atoms with Gasteiger partial charge in [0, 0.05) is 22.3 Å². The molecule has 3 aromatic rings. The van der Waals surface area contributed by atoms with Gasteiger partial charge < -0.3 is 9.73 Å². The van der Waals surface area contributed by atoms with Crippen LogP contribution in [0.25, 0.3) is 17.4 Å². The quantitative estimate of drug-likeness (QED) is 0.366. The summed E-state index contributed by atoms with van der Waals surface area (Å²) in [4.78, 5) is 12.5. The van der Waals surface area contributed by atoms with Crippen LogP contribution in [0.1, 0.15) is 11.3 Å². The van der Waals surface area contributed by atoms with Crippen molar-refractivity contribution in [3.05, 3.63) is 80.5 Å². The zero-order chi connectivity index (χ0) is 20.3. The number of benzene rings is 2. The fraction of sp³-hybridized carbons (Fsp3) is 0.0476. The van der Waals surface area contributed by atoms with E-state index in [4.69, 9.17) is 39.2 Å². The number of amides is 1. The van der Waals surface area contributed by atoms with Gasteiger partial charge in [0.2, 0.25) is 0 Å². The van der Waals surface area contributed by atoms with Gasteiger partial charge >= 0.3 is 0 Å². The molecule has 2 aromatic carbocycles. The van der Waals surface area contributed by atoms with E-state index in [9.17, 15) is 10.1 Å². The summed E-state index contributed by atoms with van der Waals surface area (Å²) in [5, 5.41) is 13.4. The van der Waals surface area contributed by atoms with Gasteiger partial charge in [-0.2, -0.15) is 5.26 Å². The lowest BCUT2D eigenvalue weighted by Crippen LogP contribution is -2.14. The van der Waals surface area contributed by atoms with Crippen LogP contribution < -0.4 is 5.32 Å². The standard InChI is InChI=1S/C21H13Cl3N2O2/c1-12-2-4-15(22)10-19(12)26-21(27)14(11-25)8-16-5-7-20(28-16)13-3-6-17(23)18(24)9-13/h2-10H,1H3,(H,26,27)/b14-8+. The molecule has 1 heterocycles. The third kappa shape index (κ3) is 4.58. The van der Waals surface area contributed by atoms with E-state index >= 15 is 0 Å². The number of aryl methyl sites for hydroxylation is 1. The first-order valence-electron chi connectivity index (χ1n) is 8.12. The number of anilines is 1. The first-order chi connectivity index (χ1) is 13.4. The molecule has 0 radical (unpaired) electrons. The lowest BCUT2D eigenvalue weighted by atomic mass is 10.1. The van der Waals surface area contributed by atoms with Gasteiger partial charge in [0.05, 0.1) is 10.0 Å². The number of halogens is 3. The van der Waals surface area contributed by atoms with Crippen LogP contribution in [0.15, 0.2) is 58.5 Å². The van der Waals surface area contributed by atoms with E-state index in [1.165, 1.54) is 6.08 Å². The minimum Gasteiger partial charge on any atom is -0.457 e. The van der Waals surface area contributed by atoms with E-state index in [1.807, 2.05) is 13.0 Å². The van der Waals surface area contributed by atoms with Crippen LogP contribution in [0.4, 0.5) is 5.69 Å². The second kappa shape index (κ2) is 8.53. The number of hydrogen-bond acceptors (Lipinski definition) is 3. The Morgan fingerprint density at radius 1 is 1.07 bits per heavy atom. The molecule has 0 fully saturated rings. The Morgan fingerprint density at radius 3 is 2.57 bits per heavy atom. The van der Waals surface area contributed by atoms with E-state index in [1.54, 1.807) is 48.5 Å². The van der Waals surface area contributed by atoms with Crippen LogP contribution >= 0.6 is 34.8 Å². The molecule has 0 atom stereocenters. The smallest absolute Gasteiger partial charge is 0.266 e. The predicted molar refractivity (Wildman–Crippen MR) is 113 cm³/mol. The van der Waals surface area contributed by atoms with Gasteiger partial charge in [0.15, 0.2) is 0 Å². The van der Waals surface area contributed by atoms with Crippen molar-refractivity contribution in [2.75, 3.05) is 5.32 Å². The van der Waals surface area contributed by atoms with E-state index in [-0.39, 0.29) is 5.57 Å². The van der Waals surface area contributed by atoms with Gasteiger partial charge in [-0.25, -0.2) is 0 Å². The Hall–Kier alpha value is -2.71. The highest BCUT2D eigenvalue weighted by atomic mass is 35.5. The Bertz CT molecular complexity index is 1130. The number of nitriles is 1. The van der Waals surface area contributed by atoms with Crippen molar-refractivity contribution < 1.29 is 9.21 Å². The van der Waals surface area contributed by atoms with Crippen LogP contribution in [0.2, 0.25) is 15.1 Å². The SMILES string of the molecule is Cc1ccc(Cl)cc1NC(=O)/C(C#N)=C/c1ccc(-c2ccc(Cl)c(Cl)c2)o1. The van der Waals surface area contributed by atoms with Gasteiger partial charge in [-0.05, 0) is 55.0 Å². The maximum absolute atomic E-state index is 12.5. The van der Waals surface area contributed by atoms with Crippen LogP contribution in [0.3, 0.4) is 0 Å². The first-order valence-corrected chi connectivity index (χ1v) is 9.25. The summed E-state index contributed by atoms with van der Waals surface area (Å²) in [6, 6.07) is 15.5. The molecule has 0 aliphatic rings. The van der Waals surface area contributed by atoms with Crippen LogP contribution in [0, 0.1) is 18.3 Å². The molecule has 140 valence electrons. The van der Waals surface area contributed by atoms with E-state index in [0.717, 1.165) is 11.1 Å². The number of hydrogen-bond donors (Lipinski definition) is 1. The monoisotopic (exact) mass is 430 g/mol. The summed E-state index contributed by atoms with van der Waals surface area (Å²) in [5.74, 6) is 0.337. The van der Waals surface area contributed by atoms with E-state index in [0.29, 0.717) is 32.3 Å². The molecule has 0 aliphatic carbocycles. The highest BCUT2D eigenvalue weighted by Gasteiger charge is 2.13. The molecular formula is C21H13Cl3N2O2. The van der Waals surface area contributed by atoms with Crippen molar-refractivity contribution in [1.29, 1.82) is 5.26 Å². The zero-order valence-corrected chi connectivity index (χ0v) is 16.9. The molecule has 1 aromatic heterocycles. The fourth-order valence-electron chi connectivity index (χ4n) is 2.44. The van der Waals surface area contributed by atoms with Crippen molar-refractivity contribution in [2.45, 2.75) is 6.92 Å². The molecule has 1 amide bonds. The number of nitrogens with one attached hydrogen (secondary N) is 1. The van der Waals surface area contributed by atoms with Crippen LogP contribution in [0.5, 0.6) is 0 Å². The largest absolute Gasteiger partial charge is 0.457 e. The third-order valence-corrected chi connectivity index (χ3v) is 4.90. The molecular weight excluding hydrogens is 419 g/mol. The van der Waals surface area contributed by atoms with Gasteiger partial charge in [-0.15, -0.1) is 0 Å². The summed E-state index contributed by atoms with van der Waals surface area (Å²) >= 11 is 17.9. The number of carbonyl (C=O) groups is 1. The minimum atomic E-state index is -0.555. The molecule has 0 unspecified atom stereocenters. The molecule has 3 rings (SSSR count). The Labute approximate surface area is 176 Å². The molecule has 28 heavy (non-hydrogen) atoms. The van der Waals surface area contributed by atoms with Crippen molar-refractivity contribution in [1.82, 2.24) is 0 Å². The molecule has 1 N–H and O–H groups in total. The molecule has 7 heteroatoms. The van der Waals surface area contributed by atoms with E-state index in [2.05, 4.69) is 5.32 Å². The topological polar surface area (TPSA) is 66.0 Å². The zero-order valence-electron chi connectivity index (χ0n) is 14.6. The first kappa shape index (κ1) is 20.0. The van der Waals surface area contributed by atoms with Crippen molar-refractivity contribution >= 4 is 52.5 Å². The number of rotatable bonds is 4. The van der Waals surface area contributed by atoms with Crippen molar-refractivity contribution in [3.63, 3.8) is 0 Å². The van der Waals surface area contributed by atoms with E-state index < -0.39 is 5.91 Å². The molecule has 0 aliphatic heterocycles. The summed E-state index contributed by atoms with van der Waals surface area (Å²) in [6.45, 7) is 1.83. The molecule has 0 saturated carbocycles. The highest BCUT2D eigenvalue weighted by Crippen LogP contribution is 2.30. The maximum atomic E-state index is 12.5. The van der Waals surface area contributed by atoms with Crippen LogP contribution in [-0.2, 0) is 4.79 Å². The minimum absolute atomic E-state index is 0.102. The average molecular weight is 432 g/mol. The van der Waals surface area contributed by atoms with Gasteiger partial charge in [-0.3, -0.25) is 4.79 Å². The fourth-order valence-corrected chi connectivity index (χ4v) is 2.91. The second-order valence-corrected chi connectivity index (χ2v) is 7.16. The Kier molecular flexibility index (Phi) is 6.11. The Morgan fingerprint density at radius 2 is 1.86 bits per heavy atom. The average Bonchev–Trinajstić information content (AvgIpc) is 3.13. The molecule has 0 bridgehead atoms. The molecule has 4 nitrogen and oxygen atoms in total. The van der Waals surface area contributed by atoms with Gasteiger partial charge in [0.1, 0.15) is 23.2 Å². The lowest BCUT2D eigenvalue weighted by Gasteiger charge is -2.08. The molecule has 0 spiro atoms. The van der Waals surface area contributed by atoms with Crippen molar-refractivity contribution in [2.24, 2.45) is 0 Å². The lowest BCUT2D eigenvalue weighted by molar-refractivity contribution is -0.112. The summed E-state index contributed by atoms with van der Waals surface area (Å²) in [7, 11) is 0. The maximum Gasteiger partial charge on any atom is 0.266 e. The normalized spacial score (nSPS) is 11.2. The third-order valence-electron chi connectivity index (χ3n) is 3.93.